The topological polar surface area (TPSA) is 46.9 Å². The summed E-state index contributed by atoms with van der Waals surface area (Å²) in [6.45, 7) is 3.98. The van der Waals surface area contributed by atoms with Crippen LogP contribution in [-0.4, -0.2) is 9.55 Å². The van der Waals surface area contributed by atoms with E-state index >= 15 is 0 Å². The molecule has 4 heteroatoms. The second kappa shape index (κ2) is 4.19. The molecule has 4 rings (SSSR count). The zero-order chi connectivity index (χ0) is 14.6. The number of nitrogens with zero attached hydrogens (tertiary/aromatic N) is 2. The molecule has 1 aliphatic heterocycles. The minimum Gasteiger partial charge on any atom is -0.364 e. The molecule has 0 saturated carbocycles. The second-order valence-corrected chi connectivity index (χ2v) is 5.50. The van der Waals surface area contributed by atoms with Gasteiger partial charge in [-0.2, -0.15) is 0 Å². The summed E-state index contributed by atoms with van der Waals surface area (Å²) in [6.07, 6.45) is -0.111. The van der Waals surface area contributed by atoms with Crippen molar-refractivity contribution in [2.45, 2.75) is 20.0 Å². The van der Waals surface area contributed by atoms with E-state index in [9.17, 15) is 4.79 Å². The van der Waals surface area contributed by atoms with Gasteiger partial charge in [-0.05, 0) is 43.7 Å². The predicted octanol–water partition coefficient (Wildman–Crippen LogP) is 3.32. The number of aryl methyl sites for hydroxylation is 1. The van der Waals surface area contributed by atoms with Gasteiger partial charge in [0.1, 0.15) is 12.0 Å². The van der Waals surface area contributed by atoms with Crippen LogP contribution in [0.4, 0.5) is 5.69 Å². The Bertz CT molecular complexity index is 927. The van der Waals surface area contributed by atoms with Gasteiger partial charge in [0.15, 0.2) is 0 Å². The molecule has 104 valence electrons. The van der Waals surface area contributed by atoms with Gasteiger partial charge < -0.3 is 5.32 Å². The van der Waals surface area contributed by atoms with Gasteiger partial charge in [0.25, 0.3) is 5.56 Å². The van der Waals surface area contributed by atoms with Crippen LogP contribution in [0.3, 0.4) is 0 Å². The van der Waals surface area contributed by atoms with Crippen LogP contribution >= 0.6 is 0 Å². The summed E-state index contributed by atoms with van der Waals surface area (Å²) >= 11 is 0. The number of aromatic nitrogens is 2. The SMILES string of the molecule is Cc1ccc2c(=O)n3c(nc2c1)-c1ccccc1NC3C. The molecule has 2 aromatic carbocycles. The lowest BCUT2D eigenvalue weighted by atomic mass is 10.1. The smallest absolute Gasteiger partial charge is 0.263 e. The lowest BCUT2D eigenvalue weighted by Gasteiger charge is -2.28. The maximum absolute atomic E-state index is 12.8. The molecule has 1 aliphatic rings. The van der Waals surface area contributed by atoms with E-state index in [1.807, 2.05) is 56.3 Å². The van der Waals surface area contributed by atoms with E-state index < -0.39 is 0 Å². The molecule has 0 aliphatic carbocycles. The third-order valence-corrected chi connectivity index (χ3v) is 3.98. The Morgan fingerprint density at radius 1 is 1.19 bits per heavy atom. The van der Waals surface area contributed by atoms with Crippen LogP contribution in [0, 0.1) is 6.92 Å². The molecule has 4 nitrogen and oxygen atoms in total. The first-order valence-corrected chi connectivity index (χ1v) is 7.04. The van der Waals surface area contributed by atoms with Crippen molar-refractivity contribution < 1.29 is 0 Å². The fraction of sp³-hybridized carbons (Fsp3) is 0.176. The van der Waals surface area contributed by atoms with Crippen LogP contribution in [0.15, 0.2) is 47.3 Å². The summed E-state index contributed by atoms with van der Waals surface area (Å²) in [5.74, 6) is 0.736. The van der Waals surface area contributed by atoms with Gasteiger partial charge in [0, 0.05) is 11.3 Å². The van der Waals surface area contributed by atoms with Crippen LogP contribution in [0.25, 0.3) is 22.3 Å². The molecule has 0 spiro atoms. The molecular formula is C17H15N3O. The minimum atomic E-state index is -0.111. The molecule has 1 unspecified atom stereocenters. The van der Waals surface area contributed by atoms with E-state index in [0.717, 1.165) is 28.2 Å². The maximum Gasteiger partial charge on any atom is 0.263 e. The van der Waals surface area contributed by atoms with Gasteiger partial charge >= 0.3 is 0 Å². The molecular weight excluding hydrogens is 262 g/mol. The third kappa shape index (κ3) is 1.69. The summed E-state index contributed by atoms with van der Waals surface area (Å²) in [6, 6.07) is 13.7. The Balaban J connectivity index is 2.16. The van der Waals surface area contributed by atoms with Crippen molar-refractivity contribution in [3.8, 4) is 11.4 Å². The standard InChI is InChI=1S/C17H15N3O/c1-10-7-8-13-15(9-10)19-16-12-5-3-4-6-14(12)18-11(2)20(16)17(13)21/h3-9,11,18H,1-2H3. The van der Waals surface area contributed by atoms with Gasteiger partial charge in [-0.3, -0.25) is 9.36 Å². The normalized spacial score (nSPS) is 16.2. The van der Waals surface area contributed by atoms with Gasteiger partial charge in [-0.15, -0.1) is 0 Å². The highest BCUT2D eigenvalue weighted by atomic mass is 16.1. The number of benzene rings is 2. The predicted molar refractivity (Wildman–Crippen MR) is 84.5 cm³/mol. The van der Waals surface area contributed by atoms with E-state index in [0.29, 0.717) is 5.39 Å². The summed E-state index contributed by atoms with van der Waals surface area (Å²) < 4.78 is 1.74. The Morgan fingerprint density at radius 3 is 2.86 bits per heavy atom. The average Bonchev–Trinajstić information content (AvgIpc) is 2.46. The second-order valence-electron chi connectivity index (χ2n) is 5.50. The van der Waals surface area contributed by atoms with Crippen LogP contribution in [0.1, 0.15) is 18.7 Å². The van der Waals surface area contributed by atoms with Crippen LogP contribution < -0.4 is 10.9 Å². The quantitative estimate of drug-likeness (QED) is 0.685. The Labute approximate surface area is 122 Å². The summed E-state index contributed by atoms with van der Waals surface area (Å²) in [5.41, 5.74) is 3.86. The minimum absolute atomic E-state index is 0.00417. The lowest BCUT2D eigenvalue weighted by Crippen LogP contribution is -2.33. The Morgan fingerprint density at radius 2 is 2.00 bits per heavy atom. The maximum atomic E-state index is 12.8. The molecule has 0 amide bonds. The molecule has 21 heavy (non-hydrogen) atoms. The summed E-state index contributed by atoms with van der Waals surface area (Å²) in [4.78, 5) is 17.5. The third-order valence-electron chi connectivity index (χ3n) is 3.98. The first kappa shape index (κ1) is 12.1. The Hall–Kier alpha value is -2.62. The molecule has 0 radical (unpaired) electrons. The van der Waals surface area contributed by atoms with Crippen molar-refractivity contribution in [1.29, 1.82) is 0 Å². The highest BCUT2D eigenvalue weighted by Gasteiger charge is 2.23. The van der Waals surface area contributed by atoms with Crippen molar-refractivity contribution in [3.63, 3.8) is 0 Å². The molecule has 0 bridgehead atoms. The van der Waals surface area contributed by atoms with Crippen LogP contribution in [-0.2, 0) is 0 Å². The monoisotopic (exact) mass is 277 g/mol. The van der Waals surface area contributed by atoms with Gasteiger partial charge in [-0.1, -0.05) is 18.2 Å². The molecule has 1 aromatic heterocycles. The van der Waals surface area contributed by atoms with Crippen molar-refractivity contribution in [3.05, 3.63) is 58.4 Å². The summed E-state index contributed by atoms with van der Waals surface area (Å²) in [5, 5.41) is 4.02. The number of hydrogen-bond acceptors (Lipinski definition) is 3. The van der Waals surface area contributed by atoms with E-state index in [2.05, 4.69) is 5.32 Å². The fourth-order valence-electron chi connectivity index (χ4n) is 2.95. The number of rotatable bonds is 0. The van der Waals surface area contributed by atoms with Crippen molar-refractivity contribution in [1.82, 2.24) is 9.55 Å². The van der Waals surface area contributed by atoms with Crippen molar-refractivity contribution in [2.75, 3.05) is 5.32 Å². The van der Waals surface area contributed by atoms with Crippen LogP contribution in [0.2, 0.25) is 0 Å². The molecule has 0 saturated heterocycles. The number of nitrogens with one attached hydrogen (secondary N) is 1. The zero-order valence-electron chi connectivity index (χ0n) is 11.9. The summed E-state index contributed by atoms with van der Waals surface area (Å²) in [7, 11) is 0. The highest BCUT2D eigenvalue weighted by Crippen LogP contribution is 2.33. The van der Waals surface area contributed by atoms with Crippen molar-refractivity contribution in [2.24, 2.45) is 0 Å². The molecule has 1 atom stereocenters. The van der Waals surface area contributed by atoms with Crippen molar-refractivity contribution >= 4 is 16.6 Å². The van der Waals surface area contributed by atoms with E-state index in [4.69, 9.17) is 4.98 Å². The van der Waals surface area contributed by atoms with Crippen LogP contribution in [0.5, 0.6) is 0 Å². The van der Waals surface area contributed by atoms with Gasteiger partial charge in [0.2, 0.25) is 0 Å². The number of hydrogen-bond donors (Lipinski definition) is 1. The molecule has 0 fully saturated rings. The average molecular weight is 277 g/mol. The van der Waals surface area contributed by atoms with Gasteiger partial charge in [-0.25, -0.2) is 4.98 Å². The fourth-order valence-corrected chi connectivity index (χ4v) is 2.95. The number of fused-ring (bicyclic) bond motifs is 4. The number of para-hydroxylation sites is 1. The highest BCUT2D eigenvalue weighted by molar-refractivity contribution is 5.84. The zero-order valence-corrected chi connectivity index (χ0v) is 11.9. The van der Waals surface area contributed by atoms with E-state index in [-0.39, 0.29) is 11.7 Å². The first-order chi connectivity index (χ1) is 10.1. The Kier molecular flexibility index (Phi) is 2.42. The molecule has 3 aromatic rings. The first-order valence-electron chi connectivity index (χ1n) is 7.04. The number of anilines is 1. The molecule has 1 N–H and O–H groups in total. The van der Waals surface area contributed by atoms with E-state index in [1.165, 1.54) is 0 Å². The van der Waals surface area contributed by atoms with E-state index in [1.54, 1.807) is 4.57 Å². The molecule has 2 heterocycles. The largest absolute Gasteiger partial charge is 0.364 e. The lowest BCUT2D eigenvalue weighted by molar-refractivity contribution is 0.585. The van der Waals surface area contributed by atoms with Gasteiger partial charge in [0.05, 0.1) is 10.9 Å².